The van der Waals surface area contributed by atoms with Crippen molar-refractivity contribution < 1.29 is 47.3 Å². The van der Waals surface area contributed by atoms with Gasteiger partial charge in [-0.1, -0.05) is 96.0 Å². The third kappa shape index (κ3) is 12.9. The summed E-state index contributed by atoms with van der Waals surface area (Å²) < 4.78 is 57.1. The van der Waals surface area contributed by atoms with Crippen molar-refractivity contribution in [2.24, 2.45) is 0 Å². The number of hydrogen-bond donors (Lipinski definition) is 3. The maximum atomic E-state index is 14.6. The molecule has 0 radical (unpaired) electrons. The number of unbranched alkanes of at least 4 members (excludes halogenated alkanes) is 12. The summed E-state index contributed by atoms with van der Waals surface area (Å²) >= 11 is 0. The largest absolute Gasteiger partial charge is 0.472 e. The predicted octanol–water partition coefficient (Wildman–Crippen LogP) is 6.82. The van der Waals surface area contributed by atoms with Crippen LogP contribution in [0.25, 0.3) is 5.52 Å². The number of aryl methyl sites for hydroxylation is 1. The molecule has 0 amide bonds. The quantitative estimate of drug-likeness (QED) is 0.0440. The lowest BCUT2D eigenvalue weighted by Crippen LogP contribution is -2.41. The van der Waals surface area contributed by atoms with Gasteiger partial charge in [0.1, 0.15) is 36.6 Å². The minimum atomic E-state index is -4.79. The molecule has 1 unspecified atom stereocenters. The number of ether oxygens (including phenoxy) is 3. The van der Waals surface area contributed by atoms with E-state index in [4.69, 9.17) is 34.9 Å². The molecule has 4 rings (SSSR count). The summed E-state index contributed by atoms with van der Waals surface area (Å²) in [5.74, 6) is 1.80. The Kier molecular flexibility index (Phi) is 18.2. The number of benzene rings is 1. The maximum Gasteiger partial charge on any atom is 0.472 e. The molecule has 1 aliphatic heterocycles. The number of phosphoric acid groups is 1. The zero-order chi connectivity index (χ0) is 39.7. The molecular weight excluding hydrogens is 730 g/mol. The first-order chi connectivity index (χ1) is 26.5. The minimum Gasteiger partial charge on any atom is -0.387 e. The van der Waals surface area contributed by atoms with E-state index in [2.05, 4.69) is 22.9 Å². The molecule has 3 heterocycles. The number of fused-ring (bicyclic) bond motifs is 1. The third-order valence-electron chi connectivity index (χ3n) is 9.88. The minimum absolute atomic E-state index is 0.00815. The van der Waals surface area contributed by atoms with Crippen LogP contribution in [0.3, 0.4) is 0 Å². The number of phosphoric ester groups is 1. The van der Waals surface area contributed by atoms with E-state index in [1.54, 1.807) is 19.1 Å². The van der Waals surface area contributed by atoms with Crippen molar-refractivity contribution in [1.29, 1.82) is 5.26 Å². The normalized spacial score (nSPS) is 21.3. The summed E-state index contributed by atoms with van der Waals surface area (Å²) in [5, 5.41) is 35.2. The molecule has 3 aromatic rings. The molecular formula is C40H56FN4O9P. The molecule has 55 heavy (non-hydrogen) atoms. The van der Waals surface area contributed by atoms with Gasteiger partial charge in [-0.3, -0.25) is 9.05 Å². The van der Waals surface area contributed by atoms with Crippen LogP contribution in [-0.2, 0) is 40.0 Å². The summed E-state index contributed by atoms with van der Waals surface area (Å²) in [7, 11) is -4.79. The van der Waals surface area contributed by atoms with Crippen molar-refractivity contribution in [2.75, 3.05) is 26.4 Å². The Hall–Kier alpha value is -3.27. The Morgan fingerprint density at radius 2 is 1.69 bits per heavy atom. The van der Waals surface area contributed by atoms with Crippen LogP contribution in [0.5, 0.6) is 0 Å². The maximum absolute atomic E-state index is 14.6. The van der Waals surface area contributed by atoms with Gasteiger partial charge >= 0.3 is 7.82 Å². The van der Waals surface area contributed by atoms with E-state index in [1.165, 1.54) is 87.2 Å². The van der Waals surface area contributed by atoms with Gasteiger partial charge in [0.25, 0.3) is 0 Å². The zero-order valence-corrected chi connectivity index (χ0v) is 32.9. The number of aliphatic hydroxyl groups excluding tert-OH is 2. The van der Waals surface area contributed by atoms with Gasteiger partial charge in [-0.2, -0.15) is 10.4 Å². The van der Waals surface area contributed by atoms with Gasteiger partial charge in [-0.25, -0.2) is 18.5 Å². The Labute approximate surface area is 323 Å². The van der Waals surface area contributed by atoms with E-state index < -0.39 is 56.9 Å². The van der Waals surface area contributed by atoms with Gasteiger partial charge < -0.3 is 29.3 Å². The second-order valence-electron chi connectivity index (χ2n) is 14.1. The number of aliphatic hydroxyl groups is 2. The average molecular weight is 787 g/mol. The fourth-order valence-electron chi connectivity index (χ4n) is 6.60. The van der Waals surface area contributed by atoms with E-state index in [0.717, 1.165) is 25.3 Å². The van der Waals surface area contributed by atoms with E-state index in [1.807, 2.05) is 6.07 Å². The fourth-order valence-corrected chi connectivity index (χ4v) is 7.37. The molecule has 0 spiro atoms. The monoisotopic (exact) mass is 786 g/mol. The van der Waals surface area contributed by atoms with Crippen LogP contribution in [0.1, 0.15) is 113 Å². The standard InChI is InChI=1S/C40H56FN4O9P/c1-4-6-7-8-9-10-11-12-13-14-15-16-17-22-50-26-33(51-25-32-19-18-31(24-42)23-34(32)41)27-52-55(48,49)53-28-36-38(46)39(47)40(5-2,54-36)37-21-20-35-30(3)43-29-44-45(35)37/h2,18-21,23,29,33,36,38-39,46-47H,4,6-17,22,25-28H2,1,3H3,(H,48,49)/t33-,36-,38-,39-,40+/m1/s1. The van der Waals surface area contributed by atoms with Crippen molar-refractivity contribution >= 4 is 13.3 Å². The smallest absolute Gasteiger partial charge is 0.387 e. The Morgan fingerprint density at radius 1 is 1.02 bits per heavy atom. The van der Waals surface area contributed by atoms with Gasteiger partial charge in [-0.15, -0.1) is 6.42 Å². The number of nitriles is 1. The van der Waals surface area contributed by atoms with Crippen molar-refractivity contribution in [3.63, 3.8) is 0 Å². The molecule has 302 valence electrons. The average Bonchev–Trinajstić information content (AvgIpc) is 3.73. The number of terminal acetylenes is 1. The van der Waals surface area contributed by atoms with Gasteiger partial charge in [-0.05, 0) is 37.6 Å². The second-order valence-corrected chi connectivity index (χ2v) is 15.5. The number of aromatic nitrogens is 3. The Bertz CT molecular complexity index is 1760. The van der Waals surface area contributed by atoms with Crippen molar-refractivity contribution in [1.82, 2.24) is 14.6 Å². The topological polar surface area (TPSA) is 178 Å². The van der Waals surface area contributed by atoms with E-state index >= 15 is 0 Å². The molecule has 15 heteroatoms. The van der Waals surface area contributed by atoms with Gasteiger partial charge in [0.2, 0.25) is 0 Å². The molecule has 2 aromatic heterocycles. The van der Waals surface area contributed by atoms with E-state index in [9.17, 15) is 24.1 Å². The number of hydrogen-bond acceptors (Lipinski definition) is 11. The fraction of sp³-hybridized carbons (Fsp3) is 0.625. The van der Waals surface area contributed by atoms with Crippen LogP contribution < -0.4 is 0 Å². The predicted molar refractivity (Wildman–Crippen MR) is 203 cm³/mol. The molecule has 13 nitrogen and oxygen atoms in total. The van der Waals surface area contributed by atoms with Crippen molar-refractivity contribution in [2.45, 2.75) is 134 Å². The molecule has 1 aromatic carbocycles. The summed E-state index contributed by atoms with van der Waals surface area (Å²) in [5.41, 5.74) is 0.00149. The van der Waals surface area contributed by atoms with Crippen molar-refractivity contribution in [3.05, 3.63) is 65.0 Å². The lowest BCUT2D eigenvalue weighted by Gasteiger charge is -2.26. The highest BCUT2D eigenvalue weighted by atomic mass is 31.2. The van der Waals surface area contributed by atoms with Crippen LogP contribution in [0.4, 0.5) is 4.39 Å². The summed E-state index contributed by atoms with van der Waals surface area (Å²) in [6.07, 6.45) is 17.6. The SMILES string of the molecule is C#C[C@@]1(c2ccc3c(C)ncnn23)O[C@H](COP(=O)(O)OC[C@@H](COCCCCCCCCCCCCCCC)OCc2ccc(C#N)cc2F)[C@@H](O)[C@H]1O. The summed E-state index contributed by atoms with van der Waals surface area (Å²) in [6, 6.07) is 9.18. The van der Waals surface area contributed by atoms with Gasteiger partial charge in [0.05, 0.1) is 55.0 Å². The molecule has 6 atom stereocenters. The lowest BCUT2D eigenvalue weighted by atomic mass is 9.92. The van der Waals surface area contributed by atoms with Crippen LogP contribution in [-0.4, -0.2) is 80.5 Å². The van der Waals surface area contributed by atoms with Crippen LogP contribution >= 0.6 is 7.82 Å². The molecule has 0 saturated carbocycles. The highest BCUT2D eigenvalue weighted by Crippen LogP contribution is 2.46. The molecule has 0 aliphatic carbocycles. The third-order valence-corrected chi connectivity index (χ3v) is 10.8. The Balaban J connectivity index is 1.25. The molecule has 3 N–H and O–H groups in total. The highest BCUT2D eigenvalue weighted by molar-refractivity contribution is 7.47. The van der Waals surface area contributed by atoms with E-state index in [-0.39, 0.29) is 30.0 Å². The van der Waals surface area contributed by atoms with Crippen LogP contribution in [0, 0.1) is 36.4 Å². The first-order valence-electron chi connectivity index (χ1n) is 19.4. The summed E-state index contributed by atoms with van der Waals surface area (Å²) in [6.45, 7) is 3.11. The van der Waals surface area contributed by atoms with Crippen molar-refractivity contribution in [3.8, 4) is 18.4 Å². The first kappa shape index (κ1) is 44.4. The van der Waals surface area contributed by atoms with Crippen LogP contribution in [0.15, 0.2) is 36.7 Å². The van der Waals surface area contributed by atoms with Gasteiger partial charge in [0.15, 0.2) is 5.60 Å². The summed E-state index contributed by atoms with van der Waals surface area (Å²) in [4.78, 5) is 14.7. The number of nitrogens with zero attached hydrogens (tertiary/aromatic N) is 4. The molecule has 0 bridgehead atoms. The first-order valence-corrected chi connectivity index (χ1v) is 20.9. The van der Waals surface area contributed by atoms with Gasteiger partial charge in [0, 0.05) is 12.2 Å². The zero-order valence-electron chi connectivity index (χ0n) is 32.0. The number of rotatable bonds is 26. The highest BCUT2D eigenvalue weighted by Gasteiger charge is 2.56. The van der Waals surface area contributed by atoms with Crippen LogP contribution in [0.2, 0.25) is 0 Å². The number of halogens is 1. The molecule has 1 aliphatic rings. The van der Waals surface area contributed by atoms with E-state index in [0.29, 0.717) is 17.8 Å². The Morgan fingerprint density at radius 3 is 2.33 bits per heavy atom. The molecule has 1 fully saturated rings. The molecule has 1 saturated heterocycles. The lowest BCUT2D eigenvalue weighted by molar-refractivity contribution is -0.0682. The second kappa shape index (κ2) is 22.5.